The molecule has 2 rings (SSSR count). The molecule has 1 atom stereocenters. The minimum absolute atomic E-state index is 0.338. The molecule has 1 saturated heterocycles. The van der Waals surface area contributed by atoms with Crippen LogP contribution in [-0.2, 0) is 10.0 Å². The Hall–Kier alpha value is -1.11. The van der Waals surface area contributed by atoms with Crippen molar-refractivity contribution in [3.8, 4) is 5.75 Å². The van der Waals surface area contributed by atoms with E-state index in [0.29, 0.717) is 28.7 Å². The summed E-state index contributed by atoms with van der Waals surface area (Å²) in [5.74, 6) is 1.08. The lowest BCUT2D eigenvalue weighted by atomic mass is 10.0. The monoisotopic (exact) mass is 312 g/mol. The van der Waals surface area contributed by atoms with Crippen LogP contribution in [0.3, 0.4) is 0 Å². The lowest BCUT2D eigenvalue weighted by molar-refractivity contribution is 0.376. The molecule has 0 aliphatic carbocycles. The van der Waals surface area contributed by atoms with Crippen molar-refractivity contribution >= 4 is 10.0 Å². The maximum atomic E-state index is 12.5. The number of hydrogen-bond acceptors (Lipinski definition) is 4. The summed E-state index contributed by atoms with van der Waals surface area (Å²) in [4.78, 5) is 0.338. The van der Waals surface area contributed by atoms with Crippen LogP contribution >= 0.6 is 0 Å². The summed E-state index contributed by atoms with van der Waals surface area (Å²) in [6, 6.07) is 3.45. The molecule has 1 aromatic carbocycles. The Labute approximate surface area is 127 Å². The second kappa shape index (κ2) is 6.77. The molecule has 118 valence electrons. The quantitative estimate of drug-likeness (QED) is 0.866. The van der Waals surface area contributed by atoms with Gasteiger partial charge in [-0.1, -0.05) is 0 Å². The van der Waals surface area contributed by atoms with Gasteiger partial charge in [-0.15, -0.1) is 0 Å². The molecule has 0 radical (unpaired) electrons. The van der Waals surface area contributed by atoms with Crippen LogP contribution in [0.25, 0.3) is 0 Å². The van der Waals surface area contributed by atoms with Crippen molar-refractivity contribution in [2.24, 2.45) is 5.92 Å². The van der Waals surface area contributed by atoms with E-state index in [1.165, 1.54) is 0 Å². The first-order valence-corrected chi connectivity index (χ1v) is 8.78. The molecule has 5 nitrogen and oxygen atoms in total. The molecular weight excluding hydrogens is 288 g/mol. The molecule has 21 heavy (non-hydrogen) atoms. The zero-order valence-electron chi connectivity index (χ0n) is 12.9. The minimum atomic E-state index is -3.47. The van der Waals surface area contributed by atoms with Gasteiger partial charge in [-0.05, 0) is 69.0 Å². The zero-order chi connectivity index (χ0) is 15.5. The van der Waals surface area contributed by atoms with E-state index in [4.69, 9.17) is 4.74 Å². The molecule has 0 bridgehead atoms. The lowest BCUT2D eigenvalue weighted by Gasteiger charge is -2.23. The highest BCUT2D eigenvalue weighted by Crippen LogP contribution is 2.25. The zero-order valence-corrected chi connectivity index (χ0v) is 13.7. The first-order chi connectivity index (χ1) is 9.94. The Morgan fingerprint density at radius 1 is 1.33 bits per heavy atom. The highest BCUT2D eigenvalue weighted by atomic mass is 32.2. The second-order valence-corrected chi connectivity index (χ2v) is 7.39. The van der Waals surface area contributed by atoms with E-state index in [2.05, 4.69) is 10.0 Å². The number of nitrogens with one attached hydrogen (secondary N) is 2. The Morgan fingerprint density at radius 2 is 2.10 bits per heavy atom. The minimum Gasteiger partial charge on any atom is -0.496 e. The molecule has 1 unspecified atom stereocenters. The molecule has 0 saturated carbocycles. The van der Waals surface area contributed by atoms with Gasteiger partial charge in [0.25, 0.3) is 0 Å². The van der Waals surface area contributed by atoms with Crippen LogP contribution in [0.5, 0.6) is 5.75 Å². The average Bonchev–Trinajstić information content (AvgIpc) is 2.48. The van der Waals surface area contributed by atoms with Crippen LogP contribution in [0.2, 0.25) is 0 Å². The summed E-state index contributed by atoms with van der Waals surface area (Å²) in [6.07, 6.45) is 2.17. The fraction of sp³-hybridized carbons (Fsp3) is 0.600. The van der Waals surface area contributed by atoms with Crippen LogP contribution in [0.4, 0.5) is 0 Å². The van der Waals surface area contributed by atoms with Crippen molar-refractivity contribution in [1.29, 1.82) is 0 Å². The summed E-state index contributed by atoms with van der Waals surface area (Å²) in [5.41, 5.74) is 1.52. The molecule has 0 amide bonds. The van der Waals surface area contributed by atoms with Crippen LogP contribution in [0, 0.1) is 19.8 Å². The van der Waals surface area contributed by atoms with Gasteiger partial charge in [-0.2, -0.15) is 0 Å². The summed E-state index contributed by atoms with van der Waals surface area (Å²) < 4.78 is 32.9. The van der Waals surface area contributed by atoms with Crippen molar-refractivity contribution < 1.29 is 13.2 Å². The number of piperidine rings is 1. The largest absolute Gasteiger partial charge is 0.496 e. The standard InChI is InChI=1S/C15H24N2O3S/c1-11-8-15(12(2)7-14(11)20-3)21(18,19)17-10-13-5-4-6-16-9-13/h7-8,13,16-17H,4-6,9-10H2,1-3H3. The first kappa shape index (κ1) is 16.3. The molecule has 6 heteroatoms. The maximum absolute atomic E-state index is 12.5. The summed E-state index contributed by atoms with van der Waals surface area (Å²) in [7, 11) is -1.88. The Morgan fingerprint density at radius 3 is 2.71 bits per heavy atom. The lowest BCUT2D eigenvalue weighted by Crippen LogP contribution is -2.38. The molecule has 1 fully saturated rings. The van der Waals surface area contributed by atoms with Crippen LogP contribution in [-0.4, -0.2) is 35.2 Å². The predicted molar refractivity (Wildman–Crippen MR) is 83.3 cm³/mol. The fourth-order valence-corrected chi connectivity index (χ4v) is 4.10. The number of benzene rings is 1. The van der Waals surface area contributed by atoms with E-state index in [1.807, 2.05) is 6.92 Å². The van der Waals surface area contributed by atoms with Gasteiger partial charge in [-0.3, -0.25) is 0 Å². The van der Waals surface area contributed by atoms with Gasteiger partial charge in [0, 0.05) is 6.54 Å². The van der Waals surface area contributed by atoms with Gasteiger partial charge in [0.05, 0.1) is 12.0 Å². The van der Waals surface area contributed by atoms with E-state index in [-0.39, 0.29) is 0 Å². The van der Waals surface area contributed by atoms with Gasteiger partial charge in [-0.25, -0.2) is 13.1 Å². The van der Waals surface area contributed by atoms with Gasteiger partial charge in [0.1, 0.15) is 5.75 Å². The number of hydrogen-bond donors (Lipinski definition) is 2. The highest BCUT2D eigenvalue weighted by Gasteiger charge is 2.21. The van der Waals surface area contributed by atoms with Crippen LogP contribution < -0.4 is 14.8 Å². The Kier molecular flexibility index (Phi) is 5.24. The van der Waals surface area contributed by atoms with Gasteiger partial charge < -0.3 is 10.1 Å². The molecular formula is C15H24N2O3S. The van der Waals surface area contributed by atoms with E-state index in [0.717, 1.165) is 31.5 Å². The third-order valence-electron chi connectivity index (χ3n) is 3.94. The maximum Gasteiger partial charge on any atom is 0.240 e. The average molecular weight is 312 g/mol. The topological polar surface area (TPSA) is 67.4 Å². The van der Waals surface area contributed by atoms with Crippen molar-refractivity contribution in [3.05, 3.63) is 23.3 Å². The Bertz CT molecular complexity index is 593. The van der Waals surface area contributed by atoms with Crippen LogP contribution in [0.15, 0.2) is 17.0 Å². The summed E-state index contributed by atoms with van der Waals surface area (Å²) >= 11 is 0. The van der Waals surface area contributed by atoms with E-state index < -0.39 is 10.0 Å². The van der Waals surface area contributed by atoms with Gasteiger partial charge >= 0.3 is 0 Å². The third-order valence-corrected chi connectivity index (χ3v) is 5.51. The molecule has 0 aromatic heterocycles. The van der Waals surface area contributed by atoms with Crippen molar-refractivity contribution in [1.82, 2.24) is 10.0 Å². The summed E-state index contributed by atoms with van der Waals surface area (Å²) in [5, 5.41) is 3.30. The van der Waals surface area contributed by atoms with E-state index in [9.17, 15) is 8.42 Å². The Balaban J connectivity index is 2.13. The molecule has 0 spiro atoms. The highest BCUT2D eigenvalue weighted by molar-refractivity contribution is 7.89. The van der Waals surface area contributed by atoms with Crippen molar-refractivity contribution in [2.45, 2.75) is 31.6 Å². The number of methoxy groups -OCH3 is 1. The predicted octanol–water partition coefficient (Wildman–Crippen LogP) is 1.59. The van der Waals surface area contributed by atoms with Gasteiger partial charge in [0.2, 0.25) is 10.0 Å². The molecule has 1 heterocycles. The fourth-order valence-electron chi connectivity index (χ4n) is 2.68. The van der Waals surface area contributed by atoms with Crippen molar-refractivity contribution in [2.75, 3.05) is 26.7 Å². The number of aryl methyl sites for hydroxylation is 2. The smallest absolute Gasteiger partial charge is 0.240 e. The second-order valence-electron chi connectivity index (χ2n) is 5.65. The molecule has 1 aliphatic rings. The molecule has 2 N–H and O–H groups in total. The third kappa shape index (κ3) is 3.96. The number of ether oxygens (including phenoxy) is 1. The molecule has 1 aromatic rings. The van der Waals surface area contributed by atoms with Crippen LogP contribution in [0.1, 0.15) is 24.0 Å². The van der Waals surface area contributed by atoms with Gasteiger partial charge in [0.15, 0.2) is 0 Å². The number of rotatable bonds is 5. The SMILES string of the molecule is COc1cc(C)c(S(=O)(=O)NCC2CCCNC2)cc1C. The molecule has 1 aliphatic heterocycles. The van der Waals surface area contributed by atoms with E-state index >= 15 is 0 Å². The van der Waals surface area contributed by atoms with Crippen molar-refractivity contribution in [3.63, 3.8) is 0 Å². The summed E-state index contributed by atoms with van der Waals surface area (Å²) in [6.45, 7) is 6.03. The normalized spacial score (nSPS) is 19.5. The van der Waals surface area contributed by atoms with E-state index in [1.54, 1.807) is 26.2 Å². The number of sulfonamides is 1. The first-order valence-electron chi connectivity index (χ1n) is 7.29.